The minimum absolute atomic E-state index is 0.0103. The summed E-state index contributed by atoms with van der Waals surface area (Å²) in [5.41, 5.74) is 6.69. The molecular formula is C37H33Cl2N5O4. The van der Waals surface area contributed by atoms with Gasteiger partial charge in [-0.1, -0.05) is 77.8 Å². The molecule has 0 unspecified atom stereocenters. The summed E-state index contributed by atoms with van der Waals surface area (Å²) in [6.07, 6.45) is 1.08. The summed E-state index contributed by atoms with van der Waals surface area (Å²) in [7, 11) is 1.67. The molecule has 1 aromatic heterocycles. The predicted octanol–water partition coefficient (Wildman–Crippen LogP) is 6.43. The predicted molar refractivity (Wildman–Crippen MR) is 188 cm³/mol. The highest BCUT2D eigenvalue weighted by molar-refractivity contribution is 6.42. The van der Waals surface area contributed by atoms with Crippen molar-refractivity contribution in [2.75, 3.05) is 44.7 Å². The molecule has 5 aromatic rings. The summed E-state index contributed by atoms with van der Waals surface area (Å²) < 4.78 is 7.20. The maximum Gasteiger partial charge on any atom is 0.409 e. The van der Waals surface area contributed by atoms with Gasteiger partial charge >= 0.3 is 6.09 Å². The molecule has 9 nitrogen and oxygen atoms in total. The van der Waals surface area contributed by atoms with Gasteiger partial charge < -0.3 is 19.4 Å². The standard InChI is InChI=1S/C37H33Cl2N5O4/c1-41(20-24-10-12-32(38)33(39)18-24)35(45)21-44-23-40-34-13-11-25(19-30(34)36(44)46)42-14-16-43(17-15-42)37(47)48-22-31-28-8-4-2-6-26(28)27-7-3-5-9-29(27)31/h2-13,18-19,23,31H,14-17,20-22H2,1H3. The van der Waals surface area contributed by atoms with Crippen LogP contribution in [-0.4, -0.2) is 71.2 Å². The number of fused-ring (bicyclic) bond motifs is 4. The van der Waals surface area contributed by atoms with E-state index in [-0.39, 0.29) is 36.6 Å². The zero-order valence-corrected chi connectivity index (χ0v) is 27.8. The number of halogens is 2. The molecule has 0 N–H and O–H groups in total. The number of hydrogen-bond donors (Lipinski definition) is 0. The van der Waals surface area contributed by atoms with E-state index in [4.69, 9.17) is 27.9 Å². The van der Waals surface area contributed by atoms with Gasteiger partial charge in [0, 0.05) is 51.4 Å². The van der Waals surface area contributed by atoms with Crippen LogP contribution in [0.25, 0.3) is 22.0 Å². The van der Waals surface area contributed by atoms with Crippen molar-refractivity contribution >= 4 is 51.8 Å². The summed E-state index contributed by atoms with van der Waals surface area (Å²) >= 11 is 12.1. The van der Waals surface area contributed by atoms with E-state index < -0.39 is 0 Å². The van der Waals surface area contributed by atoms with Crippen LogP contribution >= 0.6 is 23.2 Å². The van der Waals surface area contributed by atoms with E-state index in [0.717, 1.165) is 11.3 Å². The highest BCUT2D eigenvalue weighted by atomic mass is 35.5. The summed E-state index contributed by atoms with van der Waals surface area (Å²) in [4.78, 5) is 49.5. The van der Waals surface area contributed by atoms with E-state index in [0.29, 0.717) is 53.7 Å². The Morgan fingerprint density at radius 2 is 1.56 bits per heavy atom. The number of carbonyl (C=O) groups excluding carboxylic acids is 2. The monoisotopic (exact) mass is 681 g/mol. The van der Waals surface area contributed by atoms with Crippen LogP contribution in [0.4, 0.5) is 10.5 Å². The van der Waals surface area contributed by atoms with Crippen molar-refractivity contribution in [1.29, 1.82) is 0 Å². The SMILES string of the molecule is CN(Cc1ccc(Cl)c(Cl)c1)C(=O)Cn1cnc2ccc(N3CCN(C(=O)OCC4c5ccccc5-c5ccccc54)CC3)cc2c1=O. The van der Waals surface area contributed by atoms with Crippen LogP contribution in [-0.2, 0) is 22.6 Å². The second-order valence-electron chi connectivity index (χ2n) is 12.2. The van der Waals surface area contributed by atoms with Gasteiger partial charge in [-0.2, -0.15) is 0 Å². The Morgan fingerprint density at radius 3 is 2.25 bits per heavy atom. The molecule has 1 aliphatic carbocycles. The zero-order valence-electron chi connectivity index (χ0n) is 26.3. The molecule has 0 spiro atoms. The molecule has 1 fully saturated rings. The first kappa shape index (κ1) is 31.7. The van der Waals surface area contributed by atoms with E-state index in [1.165, 1.54) is 38.0 Å². The van der Waals surface area contributed by atoms with E-state index in [9.17, 15) is 14.4 Å². The van der Waals surface area contributed by atoms with Crippen molar-refractivity contribution in [2.24, 2.45) is 0 Å². The second kappa shape index (κ2) is 13.3. The molecule has 1 aliphatic heterocycles. The Kier molecular flexibility index (Phi) is 8.81. The maximum atomic E-state index is 13.5. The zero-order chi connectivity index (χ0) is 33.4. The molecule has 2 aliphatic rings. The quantitative estimate of drug-likeness (QED) is 0.197. The third kappa shape index (κ3) is 6.23. The molecule has 11 heteroatoms. The molecule has 4 aromatic carbocycles. The first-order valence-electron chi connectivity index (χ1n) is 15.8. The third-order valence-corrected chi connectivity index (χ3v) is 9.92. The molecule has 48 heavy (non-hydrogen) atoms. The lowest BCUT2D eigenvalue weighted by Crippen LogP contribution is -2.49. The molecule has 0 saturated carbocycles. The topological polar surface area (TPSA) is 88.0 Å². The number of piperazine rings is 1. The van der Waals surface area contributed by atoms with Gasteiger partial charge in [0.15, 0.2) is 0 Å². The Hall–Kier alpha value is -4.86. The average molecular weight is 683 g/mol. The second-order valence-corrected chi connectivity index (χ2v) is 13.0. The summed E-state index contributed by atoms with van der Waals surface area (Å²) in [6.45, 7) is 2.60. The first-order chi connectivity index (χ1) is 23.3. The highest BCUT2D eigenvalue weighted by Gasteiger charge is 2.30. The highest BCUT2D eigenvalue weighted by Crippen LogP contribution is 2.44. The minimum atomic E-state index is -0.323. The first-order valence-corrected chi connectivity index (χ1v) is 16.5. The molecular weight excluding hydrogens is 649 g/mol. The summed E-state index contributed by atoms with van der Waals surface area (Å²) in [5, 5.41) is 1.29. The largest absolute Gasteiger partial charge is 0.448 e. The number of rotatable bonds is 7. The third-order valence-electron chi connectivity index (χ3n) is 9.18. The lowest BCUT2D eigenvalue weighted by atomic mass is 9.98. The van der Waals surface area contributed by atoms with Gasteiger partial charge in [-0.25, -0.2) is 9.78 Å². The van der Waals surface area contributed by atoms with Crippen LogP contribution in [0.2, 0.25) is 10.0 Å². The van der Waals surface area contributed by atoms with Crippen LogP contribution < -0.4 is 10.5 Å². The minimum Gasteiger partial charge on any atom is -0.448 e. The van der Waals surface area contributed by atoms with Crippen LogP contribution in [0.15, 0.2) is 96.1 Å². The van der Waals surface area contributed by atoms with Gasteiger partial charge in [0.1, 0.15) is 13.2 Å². The fourth-order valence-electron chi connectivity index (χ4n) is 6.56. The van der Waals surface area contributed by atoms with E-state index >= 15 is 0 Å². The smallest absolute Gasteiger partial charge is 0.409 e. The fourth-order valence-corrected chi connectivity index (χ4v) is 6.88. The Bertz CT molecular complexity index is 2050. The van der Waals surface area contributed by atoms with Crippen LogP contribution in [0.5, 0.6) is 0 Å². The maximum absolute atomic E-state index is 13.5. The molecule has 0 atom stereocenters. The molecule has 2 amide bonds. The van der Waals surface area contributed by atoms with E-state index in [1.54, 1.807) is 30.1 Å². The molecule has 244 valence electrons. The number of ether oxygens (including phenoxy) is 1. The molecule has 2 heterocycles. The van der Waals surface area contributed by atoms with Gasteiger partial charge in [0.2, 0.25) is 5.91 Å². The number of carbonyl (C=O) groups is 2. The average Bonchev–Trinajstić information content (AvgIpc) is 3.43. The number of hydrogen-bond acceptors (Lipinski definition) is 6. The summed E-state index contributed by atoms with van der Waals surface area (Å²) in [6, 6.07) is 27.3. The van der Waals surface area contributed by atoms with Crippen molar-refractivity contribution in [1.82, 2.24) is 19.4 Å². The van der Waals surface area contributed by atoms with Crippen molar-refractivity contribution < 1.29 is 14.3 Å². The molecule has 7 rings (SSSR count). The van der Waals surface area contributed by atoms with E-state index in [1.807, 2.05) is 42.5 Å². The fraction of sp³-hybridized carbons (Fsp3) is 0.243. The van der Waals surface area contributed by atoms with Crippen LogP contribution in [0, 0.1) is 0 Å². The van der Waals surface area contributed by atoms with Crippen molar-refractivity contribution in [3.63, 3.8) is 0 Å². The number of benzene rings is 4. The number of amides is 2. The van der Waals surface area contributed by atoms with E-state index in [2.05, 4.69) is 34.1 Å². The van der Waals surface area contributed by atoms with Crippen molar-refractivity contribution in [3.8, 4) is 11.1 Å². The lowest BCUT2D eigenvalue weighted by Gasteiger charge is -2.35. The lowest BCUT2D eigenvalue weighted by molar-refractivity contribution is -0.131. The molecule has 0 bridgehead atoms. The molecule has 1 saturated heterocycles. The normalized spacial score (nSPS) is 14.1. The van der Waals surface area contributed by atoms with Gasteiger partial charge in [0.25, 0.3) is 5.56 Å². The van der Waals surface area contributed by atoms with Crippen LogP contribution in [0.3, 0.4) is 0 Å². The van der Waals surface area contributed by atoms with Crippen LogP contribution in [0.1, 0.15) is 22.6 Å². The molecule has 0 radical (unpaired) electrons. The number of anilines is 1. The van der Waals surface area contributed by atoms with Crippen molar-refractivity contribution in [2.45, 2.75) is 19.0 Å². The number of aromatic nitrogens is 2. The number of likely N-dealkylation sites (N-methyl/N-ethyl adjacent to an activating group) is 1. The number of nitrogens with zero attached hydrogens (tertiary/aromatic N) is 5. The van der Waals surface area contributed by atoms with Gasteiger partial charge in [0.05, 0.1) is 27.3 Å². The van der Waals surface area contributed by atoms with Gasteiger partial charge in [-0.15, -0.1) is 0 Å². The van der Waals surface area contributed by atoms with Crippen molar-refractivity contribution in [3.05, 3.63) is 128 Å². The summed E-state index contributed by atoms with van der Waals surface area (Å²) in [5.74, 6) is -0.235. The Balaban J connectivity index is 0.973. The van der Waals surface area contributed by atoms with Gasteiger partial charge in [-0.3, -0.25) is 14.2 Å². The Labute approximate surface area is 287 Å². The Morgan fingerprint density at radius 1 is 0.875 bits per heavy atom. The van der Waals surface area contributed by atoms with Gasteiger partial charge in [-0.05, 0) is 58.1 Å².